The summed E-state index contributed by atoms with van der Waals surface area (Å²) in [6.45, 7) is 8.93. The van der Waals surface area contributed by atoms with Crippen molar-refractivity contribution in [1.29, 1.82) is 0 Å². The van der Waals surface area contributed by atoms with E-state index < -0.39 is 11.2 Å². The molecule has 4 rings (SSSR count). The maximum Gasteiger partial charge on any atom is 0.338 e. The minimum atomic E-state index is -0.560. The lowest BCUT2D eigenvalue weighted by Crippen LogP contribution is -2.32. The summed E-state index contributed by atoms with van der Waals surface area (Å²) in [6.07, 6.45) is 3.32. The molecule has 0 radical (unpaired) electrons. The Morgan fingerprint density at radius 3 is 2.55 bits per heavy atom. The number of thioether (sulfide) groups is 1. The molecule has 0 spiro atoms. The van der Waals surface area contributed by atoms with Gasteiger partial charge in [0, 0.05) is 23.2 Å². The largest absolute Gasteiger partial charge is 0.462 e. The molecule has 33 heavy (non-hydrogen) atoms. The Hall–Kier alpha value is -2.68. The van der Waals surface area contributed by atoms with E-state index >= 15 is 0 Å². The van der Waals surface area contributed by atoms with Gasteiger partial charge in [-0.1, -0.05) is 32.5 Å². The molecule has 3 unspecified atom stereocenters. The van der Waals surface area contributed by atoms with Gasteiger partial charge in [0.25, 0.3) is 0 Å². The smallest absolute Gasteiger partial charge is 0.338 e. The average molecular weight is 471 g/mol. The molecule has 1 saturated heterocycles. The van der Waals surface area contributed by atoms with Gasteiger partial charge in [0.15, 0.2) is 5.17 Å². The number of amidine groups is 1. The van der Waals surface area contributed by atoms with Crippen LogP contribution in [0.3, 0.4) is 0 Å². The normalized spacial score (nSPS) is 30.0. The lowest BCUT2D eigenvalue weighted by molar-refractivity contribution is -0.122. The minimum Gasteiger partial charge on any atom is -0.462 e. The number of nitrogens with zero attached hydrogens (tertiary/aromatic N) is 2. The predicted octanol–water partition coefficient (Wildman–Crippen LogP) is 3.98. The Morgan fingerprint density at radius 2 is 1.94 bits per heavy atom. The van der Waals surface area contributed by atoms with Crippen molar-refractivity contribution in [2.24, 2.45) is 27.0 Å². The lowest BCUT2D eigenvalue weighted by atomic mass is 9.70. The second-order valence-electron chi connectivity index (χ2n) is 9.59. The number of anilines is 1. The van der Waals surface area contributed by atoms with Gasteiger partial charge in [-0.25, -0.2) is 4.79 Å². The van der Waals surface area contributed by atoms with Crippen LogP contribution in [0.15, 0.2) is 34.5 Å². The molecule has 2 saturated carbocycles. The fourth-order valence-electron chi connectivity index (χ4n) is 5.06. The standard InChI is InChI=1S/C24H30N4O4S/c1-5-32-21(31)14-6-8-16(9-7-14)25-19(29)13-17-20(30)26-22(33-17)28-27-18-12-15-10-11-24(18,4)23(15,2)3/h6-9,15,17H,5,10-13H2,1-4H3,(H,25,29)(H,26,28,30). The number of carbonyl (C=O) groups excluding carboxylic acids is 3. The Labute approximate surface area is 198 Å². The molecule has 2 aliphatic carbocycles. The molecule has 1 aliphatic heterocycles. The van der Waals surface area contributed by atoms with Crippen LogP contribution in [0.1, 0.15) is 63.7 Å². The Balaban J connectivity index is 1.33. The van der Waals surface area contributed by atoms with Crippen LogP contribution in [0.2, 0.25) is 0 Å². The summed E-state index contributed by atoms with van der Waals surface area (Å²) >= 11 is 1.23. The number of esters is 1. The molecule has 176 valence electrons. The van der Waals surface area contributed by atoms with Crippen molar-refractivity contribution in [1.82, 2.24) is 5.32 Å². The fraction of sp³-hybridized carbons (Fsp3) is 0.542. The maximum atomic E-state index is 12.4. The number of benzene rings is 1. The van der Waals surface area contributed by atoms with Crippen LogP contribution in [0, 0.1) is 16.7 Å². The van der Waals surface area contributed by atoms with E-state index in [-0.39, 0.29) is 29.1 Å². The number of fused-ring (bicyclic) bond motifs is 2. The lowest BCUT2D eigenvalue weighted by Gasteiger charge is -2.34. The van der Waals surface area contributed by atoms with Crippen molar-refractivity contribution in [2.75, 3.05) is 11.9 Å². The van der Waals surface area contributed by atoms with Crippen molar-refractivity contribution in [3.8, 4) is 0 Å². The molecule has 2 N–H and O–H groups in total. The van der Waals surface area contributed by atoms with Gasteiger partial charge in [0.2, 0.25) is 11.8 Å². The van der Waals surface area contributed by atoms with Gasteiger partial charge in [-0.2, -0.15) is 5.10 Å². The second kappa shape index (κ2) is 8.93. The highest BCUT2D eigenvalue weighted by Crippen LogP contribution is 2.64. The molecule has 2 amide bonds. The SMILES string of the molecule is CCOC(=O)c1ccc(NC(=O)CC2SC(=NN=C3CC4CCC3(C)C4(C)C)NC2=O)cc1. The van der Waals surface area contributed by atoms with E-state index in [2.05, 4.69) is 41.6 Å². The first-order valence-corrected chi connectivity index (χ1v) is 12.2. The molecule has 3 atom stereocenters. The number of ether oxygens (including phenoxy) is 1. The topological polar surface area (TPSA) is 109 Å². The molecule has 3 fully saturated rings. The van der Waals surface area contributed by atoms with Crippen LogP contribution >= 0.6 is 11.8 Å². The zero-order valence-corrected chi connectivity index (χ0v) is 20.3. The van der Waals surface area contributed by atoms with Gasteiger partial charge in [0.1, 0.15) is 5.25 Å². The third kappa shape index (κ3) is 4.43. The van der Waals surface area contributed by atoms with E-state index in [1.54, 1.807) is 31.2 Å². The summed E-state index contributed by atoms with van der Waals surface area (Å²) in [7, 11) is 0. The van der Waals surface area contributed by atoms with Crippen LogP contribution in [-0.2, 0) is 14.3 Å². The zero-order chi connectivity index (χ0) is 23.8. The van der Waals surface area contributed by atoms with Crippen LogP contribution < -0.4 is 10.6 Å². The number of nitrogens with one attached hydrogen (secondary N) is 2. The van der Waals surface area contributed by atoms with Gasteiger partial charge in [-0.3, -0.25) is 9.59 Å². The van der Waals surface area contributed by atoms with Crippen LogP contribution in [0.5, 0.6) is 0 Å². The number of hydrogen-bond donors (Lipinski definition) is 2. The summed E-state index contributed by atoms with van der Waals surface area (Å²) in [5, 5.41) is 14.2. The van der Waals surface area contributed by atoms with Crippen molar-refractivity contribution in [3.05, 3.63) is 29.8 Å². The number of rotatable bonds is 6. The molecule has 1 heterocycles. The number of hydrogen-bond acceptors (Lipinski definition) is 7. The Morgan fingerprint density at radius 1 is 1.21 bits per heavy atom. The predicted molar refractivity (Wildman–Crippen MR) is 129 cm³/mol. The first-order valence-electron chi connectivity index (χ1n) is 11.3. The molecule has 1 aromatic rings. The highest BCUT2D eigenvalue weighted by molar-refractivity contribution is 8.15. The van der Waals surface area contributed by atoms with E-state index in [1.165, 1.54) is 18.2 Å². The van der Waals surface area contributed by atoms with E-state index in [1.807, 2.05) is 0 Å². The highest BCUT2D eigenvalue weighted by Gasteiger charge is 2.60. The summed E-state index contributed by atoms with van der Waals surface area (Å²) in [4.78, 5) is 36.5. The van der Waals surface area contributed by atoms with E-state index in [4.69, 9.17) is 4.74 Å². The molecular weight excluding hydrogens is 440 g/mol. The zero-order valence-electron chi connectivity index (χ0n) is 19.4. The van der Waals surface area contributed by atoms with Crippen molar-refractivity contribution < 1.29 is 19.1 Å². The Kier molecular flexibility index (Phi) is 6.35. The molecule has 3 aliphatic rings. The minimum absolute atomic E-state index is 0.0124. The molecule has 0 aromatic heterocycles. The first-order chi connectivity index (χ1) is 15.6. The Bertz CT molecular complexity index is 1030. The van der Waals surface area contributed by atoms with Gasteiger partial charge in [-0.05, 0) is 61.8 Å². The van der Waals surface area contributed by atoms with Crippen LogP contribution in [0.4, 0.5) is 5.69 Å². The van der Waals surface area contributed by atoms with Crippen molar-refractivity contribution >= 4 is 46.1 Å². The first kappa shape index (κ1) is 23.5. The molecule has 9 heteroatoms. The summed E-state index contributed by atoms with van der Waals surface area (Å²) < 4.78 is 4.95. The van der Waals surface area contributed by atoms with E-state index in [0.29, 0.717) is 28.9 Å². The van der Waals surface area contributed by atoms with Crippen molar-refractivity contribution in [2.45, 2.75) is 58.6 Å². The fourth-order valence-corrected chi connectivity index (χ4v) is 5.97. The van der Waals surface area contributed by atoms with Crippen LogP contribution in [0.25, 0.3) is 0 Å². The van der Waals surface area contributed by atoms with Gasteiger partial charge < -0.3 is 15.4 Å². The van der Waals surface area contributed by atoms with Crippen molar-refractivity contribution in [3.63, 3.8) is 0 Å². The van der Waals surface area contributed by atoms with E-state index in [9.17, 15) is 14.4 Å². The molecule has 8 nitrogen and oxygen atoms in total. The van der Waals surface area contributed by atoms with Crippen LogP contribution in [-0.4, -0.2) is 40.5 Å². The summed E-state index contributed by atoms with van der Waals surface area (Å²) in [5.41, 5.74) is 2.34. The third-order valence-corrected chi connectivity index (χ3v) is 8.67. The van der Waals surface area contributed by atoms with Gasteiger partial charge >= 0.3 is 5.97 Å². The molecule has 2 bridgehead atoms. The maximum absolute atomic E-state index is 12.4. The van der Waals surface area contributed by atoms with E-state index in [0.717, 1.165) is 18.6 Å². The average Bonchev–Trinajstić information content (AvgIpc) is 3.29. The third-order valence-electron chi connectivity index (χ3n) is 7.60. The monoisotopic (exact) mass is 470 g/mol. The number of amides is 2. The summed E-state index contributed by atoms with van der Waals surface area (Å²) in [5.74, 6) is -0.310. The quantitative estimate of drug-likeness (QED) is 0.483. The molecular formula is C24H30N4O4S. The molecule has 1 aromatic carbocycles. The second-order valence-corrected chi connectivity index (χ2v) is 10.8. The van der Waals surface area contributed by atoms with Gasteiger partial charge in [-0.15, -0.1) is 5.10 Å². The highest BCUT2D eigenvalue weighted by atomic mass is 32.2. The number of carbonyl (C=O) groups is 3. The van der Waals surface area contributed by atoms with Gasteiger partial charge in [0.05, 0.1) is 12.2 Å². The summed E-state index contributed by atoms with van der Waals surface area (Å²) in [6, 6.07) is 6.44.